The molecule has 5 rings (SSSR count). The first-order chi connectivity index (χ1) is 21.1. The smallest absolute Gasteiger partial charge is 0.150 e. The van der Waals surface area contributed by atoms with Crippen LogP contribution in [0.5, 0.6) is 5.75 Å². The van der Waals surface area contributed by atoms with Gasteiger partial charge in [-0.1, -0.05) is 87.4 Å². The summed E-state index contributed by atoms with van der Waals surface area (Å²) in [5.41, 5.74) is 6.83. The number of unbranched alkanes of at least 4 members (excludes halogenated alkanes) is 2. The van der Waals surface area contributed by atoms with Gasteiger partial charge in [-0.25, -0.2) is 9.99 Å². The largest absolute Gasteiger partial charge is 0.497 e. The Morgan fingerprint density at radius 3 is 2.23 bits per heavy atom. The number of para-hydroxylation sites is 1. The highest BCUT2D eigenvalue weighted by Gasteiger charge is 2.26. The zero-order valence-corrected chi connectivity index (χ0v) is 26.0. The number of aryl methyl sites for hydroxylation is 1. The van der Waals surface area contributed by atoms with Crippen LogP contribution in [0.4, 0.5) is 11.5 Å². The van der Waals surface area contributed by atoms with Gasteiger partial charge in [-0.15, -0.1) is 0 Å². The molecule has 0 amide bonds. The van der Waals surface area contributed by atoms with Crippen molar-refractivity contribution in [1.82, 2.24) is 4.98 Å². The van der Waals surface area contributed by atoms with E-state index in [4.69, 9.17) is 14.8 Å². The number of hydrazone groups is 1. The van der Waals surface area contributed by atoms with E-state index >= 15 is 0 Å². The minimum Gasteiger partial charge on any atom is -0.497 e. The molecule has 1 aliphatic heterocycles. The third-order valence-electron chi connectivity index (χ3n) is 8.03. The zero-order valence-electron chi connectivity index (χ0n) is 26.0. The van der Waals surface area contributed by atoms with Gasteiger partial charge in [0.15, 0.2) is 0 Å². The molecular formula is C38H44N4O. The maximum absolute atomic E-state index is 5.31. The summed E-state index contributed by atoms with van der Waals surface area (Å²) < 4.78 is 5.31. The zero-order chi connectivity index (χ0) is 30.0. The van der Waals surface area contributed by atoms with Gasteiger partial charge >= 0.3 is 0 Å². The average molecular weight is 573 g/mol. The predicted octanol–water partition coefficient (Wildman–Crippen LogP) is 9.32. The highest BCUT2D eigenvalue weighted by Crippen LogP contribution is 2.29. The van der Waals surface area contributed by atoms with Crippen molar-refractivity contribution in [3.05, 3.63) is 108 Å². The number of hydrogen-bond acceptors (Lipinski definition) is 5. The molecule has 0 spiro atoms. The lowest BCUT2D eigenvalue weighted by Crippen LogP contribution is -2.25. The van der Waals surface area contributed by atoms with E-state index in [-0.39, 0.29) is 6.04 Å². The van der Waals surface area contributed by atoms with Crippen molar-refractivity contribution < 1.29 is 4.74 Å². The van der Waals surface area contributed by atoms with Crippen LogP contribution in [-0.2, 0) is 0 Å². The highest BCUT2D eigenvalue weighted by atomic mass is 16.5. The van der Waals surface area contributed by atoms with Crippen molar-refractivity contribution in [3.8, 4) is 5.75 Å². The van der Waals surface area contributed by atoms with E-state index in [1.54, 1.807) is 7.11 Å². The average Bonchev–Trinajstić information content (AvgIpc) is 3.46. The minimum absolute atomic E-state index is 0.0638. The molecule has 0 saturated carbocycles. The molecule has 1 aromatic heterocycles. The van der Waals surface area contributed by atoms with E-state index in [9.17, 15) is 0 Å². The monoisotopic (exact) mass is 572 g/mol. The minimum atomic E-state index is 0.0638. The maximum atomic E-state index is 5.31. The number of pyridine rings is 1. The molecule has 0 fully saturated rings. The molecule has 1 unspecified atom stereocenters. The number of benzene rings is 3. The molecule has 0 N–H and O–H groups in total. The predicted molar refractivity (Wildman–Crippen MR) is 184 cm³/mol. The van der Waals surface area contributed by atoms with E-state index in [0.29, 0.717) is 0 Å². The second-order valence-corrected chi connectivity index (χ2v) is 11.3. The molecule has 222 valence electrons. The van der Waals surface area contributed by atoms with Crippen LogP contribution in [0.25, 0.3) is 23.1 Å². The van der Waals surface area contributed by atoms with Crippen molar-refractivity contribution in [1.29, 1.82) is 0 Å². The fourth-order valence-corrected chi connectivity index (χ4v) is 5.47. The number of allylic oxidation sites excluding steroid dienone is 1. The van der Waals surface area contributed by atoms with Crippen LogP contribution >= 0.6 is 0 Å². The van der Waals surface area contributed by atoms with E-state index in [0.717, 1.165) is 47.9 Å². The number of nitrogens with zero attached hydrogens (tertiary/aromatic N) is 4. The second-order valence-electron chi connectivity index (χ2n) is 11.3. The fraction of sp³-hybridized carbons (Fsp3) is 0.316. The summed E-state index contributed by atoms with van der Waals surface area (Å²) in [6.07, 6.45) is 14.4. The summed E-state index contributed by atoms with van der Waals surface area (Å²) in [6.45, 7) is 8.90. The summed E-state index contributed by atoms with van der Waals surface area (Å²) in [5, 5.41) is 8.31. The molecule has 1 aliphatic rings. The maximum Gasteiger partial charge on any atom is 0.150 e. The van der Waals surface area contributed by atoms with Gasteiger partial charge < -0.3 is 9.64 Å². The number of anilines is 2. The normalized spacial score (nSPS) is 15.1. The van der Waals surface area contributed by atoms with Gasteiger partial charge in [0, 0.05) is 30.6 Å². The molecule has 0 bridgehead atoms. The Labute approximate surface area is 257 Å². The van der Waals surface area contributed by atoms with Gasteiger partial charge in [-0.2, -0.15) is 5.10 Å². The van der Waals surface area contributed by atoms with Crippen molar-refractivity contribution >= 4 is 40.3 Å². The third kappa shape index (κ3) is 7.72. The fourth-order valence-electron chi connectivity index (χ4n) is 5.47. The molecular weight excluding hydrogens is 528 g/mol. The Hall–Kier alpha value is -4.38. The molecule has 43 heavy (non-hydrogen) atoms. The van der Waals surface area contributed by atoms with E-state index in [2.05, 4.69) is 116 Å². The lowest BCUT2D eigenvalue weighted by molar-refractivity contribution is 0.415. The quantitative estimate of drug-likeness (QED) is 0.160. The van der Waals surface area contributed by atoms with E-state index in [1.165, 1.54) is 47.9 Å². The van der Waals surface area contributed by atoms with E-state index in [1.807, 2.05) is 18.2 Å². The van der Waals surface area contributed by atoms with Crippen LogP contribution in [0.1, 0.15) is 62.6 Å². The van der Waals surface area contributed by atoms with Crippen LogP contribution in [0.2, 0.25) is 0 Å². The van der Waals surface area contributed by atoms with Crippen LogP contribution in [0, 0.1) is 6.92 Å². The number of fused-ring (bicyclic) bond motifs is 1. The van der Waals surface area contributed by atoms with Crippen LogP contribution in [0.3, 0.4) is 0 Å². The van der Waals surface area contributed by atoms with E-state index < -0.39 is 0 Å². The molecule has 5 nitrogen and oxygen atoms in total. The summed E-state index contributed by atoms with van der Waals surface area (Å²) in [5.74, 6) is 1.73. The third-order valence-corrected chi connectivity index (χ3v) is 8.03. The molecule has 0 saturated heterocycles. The summed E-state index contributed by atoms with van der Waals surface area (Å²) in [4.78, 5) is 7.55. The SMILES string of the molecule is CCCCN(CCCC)c1ccc(C=CC2CC(C=Cc3ccc(OC)cc3)=NN2c2cc(C)c3ccccc3n2)cc1. The molecule has 0 aliphatic carbocycles. The first kappa shape index (κ1) is 30.1. The Bertz CT molecular complexity index is 1560. The first-order valence-corrected chi connectivity index (χ1v) is 15.7. The van der Waals surface area contributed by atoms with Gasteiger partial charge in [-0.3, -0.25) is 0 Å². The molecule has 1 atom stereocenters. The molecule has 4 aromatic rings. The Morgan fingerprint density at radius 2 is 1.53 bits per heavy atom. The van der Waals surface area contributed by atoms with Crippen molar-refractivity contribution in [2.45, 2.75) is 58.9 Å². The van der Waals surface area contributed by atoms with Gasteiger partial charge in [0.2, 0.25) is 0 Å². The van der Waals surface area contributed by atoms with Gasteiger partial charge in [-0.05, 0) is 78.9 Å². The van der Waals surface area contributed by atoms with Crippen LogP contribution in [0.15, 0.2) is 96.1 Å². The Balaban J connectivity index is 1.39. The first-order valence-electron chi connectivity index (χ1n) is 15.7. The van der Waals surface area contributed by atoms with Crippen molar-refractivity contribution in [3.63, 3.8) is 0 Å². The Morgan fingerprint density at radius 1 is 0.860 bits per heavy atom. The molecule has 3 aromatic carbocycles. The van der Waals surface area contributed by atoms with Crippen molar-refractivity contribution in [2.24, 2.45) is 5.10 Å². The van der Waals surface area contributed by atoms with Crippen LogP contribution < -0.4 is 14.6 Å². The standard InChI is InChI=1S/C38H44N4O/c1-5-7-25-41(26-8-6-2)33-20-14-31(15-21-33)16-22-34-28-32(19-13-30-17-23-35(43-4)24-18-30)40-42(34)38-27-29(3)36-11-9-10-12-37(36)39-38/h9-24,27,34H,5-8,25-26,28H2,1-4H3. The van der Waals surface area contributed by atoms with Crippen LogP contribution in [-0.4, -0.2) is 36.9 Å². The molecule has 0 radical (unpaired) electrons. The number of rotatable bonds is 13. The molecule has 2 heterocycles. The highest BCUT2D eigenvalue weighted by molar-refractivity contribution is 6.01. The number of aromatic nitrogens is 1. The number of methoxy groups -OCH3 is 1. The van der Waals surface area contributed by atoms with Gasteiger partial charge in [0.05, 0.1) is 24.4 Å². The lowest BCUT2D eigenvalue weighted by atomic mass is 10.1. The second kappa shape index (κ2) is 14.7. The van der Waals surface area contributed by atoms with Gasteiger partial charge in [0.1, 0.15) is 11.6 Å². The molecule has 5 heteroatoms. The number of ether oxygens (including phenoxy) is 1. The lowest BCUT2D eigenvalue weighted by Gasteiger charge is -2.25. The Kier molecular flexibility index (Phi) is 10.3. The van der Waals surface area contributed by atoms with Crippen molar-refractivity contribution in [2.75, 3.05) is 30.1 Å². The summed E-state index contributed by atoms with van der Waals surface area (Å²) in [7, 11) is 1.69. The summed E-state index contributed by atoms with van der Waals surface area (Å²) in [6, 6.07) is 27.6. The van der Waals surface area contributed by atoms with Gasteiger partial charge in [0.25, 0.3) is 0 Å². The number of hydrogen-bond donors (Lipinski definition) is 0. The topological polar surface area (TPSA) is 41.0 Å². The summed E-state index contributed by atoms with van der Waals surface area (Å²) >= 11 is 0.